The molecule has 1 saturated heterocycles. The number of nitrogens with one attached hydrogen (secondary N) is 1. The summed E-state index contributed by atoms with van der Waals surface area (Å²) in [6, 6.07) is 3.58. The number of nitrogens with zero attached hydrogens (tertiary/aromatic N) is 2. The third-order valence-electron chi connectivity index (χ3n) is 4.87. The molecule has 1 aromatic heterocycles. The average Bonchev–Trinajstić information content (AvgIpc) is 2.95. The molecule has 7 nitrogen and oxygen atoms in total. The van der Waals surface area contributed by atoms with E-state index in [1.165, 1.54) is 12.8 Å². The molecule has 1 saturated carbocycles. The molecule has 26 heavy (non-hydrogen) atoms. The van der Waals surface area contributed by atoms with Crippen LogP contribution in [-0.4, -0.2) is 55.8 Å². The van der Waals surface area contributed by atoms with Crippen LogP contribution in [0.1, 0.15) is 48.9 Å². The molecule has 0 bridgehead atoms. The van der Waals surface area contributed by atoms with Crippen molar-refractivity contribution in [1.29, 1.82) is 0 Å². The predicted octanol–water partition coefficient (Wildman–Crippen LogP) is 1.91. The molecule has 7 heteroatoms. The molecule has 3 rings (SSSR count). The van der Waals surface area contributed by atoms with Crippen molar-refractivity contribution >= 4 is 17.7 Å². The van der Waals surface area contributed by atoms with Gasteiger partial charge >= 0.3 is 5.97 Å². The third-order valence-corrected chi connectivity index (χ3v) is 4.87. The summed E-state index contributed by atoms with van der Waals surface area (Å²) in [7, 11) is 0. The van der Waals surface area contributed by atoms with E-state index in [9.17, 15) is 9.59 Å². The number of pyridine rings is 1. The Morgan fingerprint density at radius 2 is 1.92 bits per heavy atom. The highest BCUT2D eigenvalue weighted by Crippen LogP contribution is 2.20. The molecule has 0 unspecified atom stereocenters. The van der Waals surface area contributed by atoms with Crippen molar-refractivity contribution in [2.75, 3.05) is 37.8 Å². The van der Waals surface area contributed by atoms with Gasteiger partial charge in [-0.05, 0) is 25.0 Å². The number of esters is 1. The minimum Gasteiger partial charge on any atom is -0.452 e. The van der Waals surface area contributed by atoms with Gasteiger partial charge in [-0.1, -0.05) is 25.7 Å². The maximum atomic E-state index is 12.5. The Morgan fingerprint density at radius 1 is 1.19 bits per heavy atom. The summed E-state index contributed by atoms with van der Waals surface area (Å²) in [6.07, 6.45) is 8.40. The van der Waals surface area contributed by atoms with Crippen LogP contribution in [0, 0.1) is 0 Å². The van der Waals surface area contributed by atoms with Crippen LogP contribution in [0.5, 0.6) is 0 Å². The lowest BCUT2D eigenvalue weighted by Crippen LogP contribution is -2.38. The van der Waals surface area contributed by atoms with E-state index in [2.05, 4.69) is 10.3 Å². The summed E-state index contributed by atoms with van der Waals surface area (Å²) in [4.78, 5) is 30.9. The molecule has 0 spiro atoms. The summed E-state index contributed by atoms with van der Waals surface area (Å²) in [5, 5.41) is 2.98. The Hall–Kier alpha value is -2.15. The number of carbonyl (C=O) groups excluding carboxylic acids is 2. The number of morpholine rings is 1. The second kappa shape index (κ2) is 9.52. The quantitative estimate of drug-likeness (QED) is 0.637. The van der Waals surface area contributed by atoms with Gasteiger partial charge in [0.2, 0.25) is 0 Å². The first-order chi connectivity index (χ1) is 12.7. The van der Waals surface area contributed by atoms with Crippen LogP contribution in [0.15, 0.2) is 18.3 Å². The molecule has 1 aliphatic carbocycles. The molecule has 142 valence electrons. The highest BCUT2D eigenvalue weighted by Gasteiger charge is 2.22. The molecule has 2 fully saturated rings. The average molecular weight is 361 g/mol. The summed E-state index contributed by atoms with van der Waals surface area (Å²) >= 11 is 0. The van der Waals surface area contributed by atoms with Gasteiger partial charge in [-0.15, -0.1) is 0 Å². The fourth-order valence-corrected chi connectivity index (χ4v) is 3.49. The van der Waals surface area contributed by atoms with Gasteiger partial charge in [0.15, 0.2) is 6.61 Å². The molecule has 1 amide bonds. The van der Waals surface area contributed by atoms with Crippen molar-refractivity contribution < 1.29 is 19.1 Å². The topological polar surface area (TPSA) is 80.8 Å². The molecule has 0 aromatic carbocycles. The van der Waals surface area contributed by atoms with Crippen LogP contribution in [0.2, 0.25) is 0 Å². The first-order valence-corrected chi connectivity index (χ1v) is 9.48. The van der Waals surface area contributed by atoms with Gasteiger partial charge in [-0.25, -0.2) is 9.78 Å². The van der Waals surface area contributed by atoms with Crippen LogP contribution in [0.3, 0.4) is 0 Å². The number of ether oxygens (including phenoxy) is 2. The summed E-state index contributed by atoms with van der Waals surface area (Å²) in [6.45, 7) is 2.31. The van der Waals surface area contributed by atoms with Crippen molar-refractivity contribution in [1.82, 2.24) is 10.3 Å². The van der Waals surface area contributed by atoms with Crippen LogP contribution in [0.25, 0.3) is 0 Å². The molecular formula is C19H27N3O4. The minimum absolute atomic E-state index is 0.200. The molecule has 2 heterocycles. The number of aromatic nitrogens is 1. The molecule has 1 N–H and O–H groups in total. The van der Waals surface area contributed by atoms with Gasteiger partial charge in [-0.3, -0.25) is 4.79 Å². The van der Waals surface area contributed by atoms with Crippen LogP contribution in [0.4, 0.5) is 5.82 Å². The lowest BCUT2D eigenvalue weighted by molar-refractivity contribution is -0.125. The van der Waals surface area contributed by atoms with E-state index in [4.69, 9.17) is 9.47 Å². The molecule has 2 aliphatic rings. The van der Waals surface area contributed by atoms with E-state index in [0.29, 0.717) is 37.7 Å². The largest absolute Gasteiger partial charge is 0.452 e. The van der Waals surface area contributed by atoms with Gasteiger partial charge in [0, 0.05) is 25.3 Å². The van der Waals surface area contributed by atoms with E-state index in [1.807, 2.05) is 4.90 Å². The van der Waals surface area contributed by atoms with Gasteiger partial charge in [0.1, 0.15) is 11.4 Å². The van der Waals surface area contributed by atoms with E-state index < -0.39 is 5.97 Å². The lowest BCUT2D eigenvalue weighted by atomic mass is 10.1. The van der Waals surface area contributed by atoms with E-state index in [-0.39, 0.29) is 18.6 Å². The highest BCUT2D eigenvalue weighted by molar-refractivity contribution is 5.96. The first kappa shape index (κ1) is 18.6. The zero-order chi connectivity index (χ0) is 18.2. The Balaban J connectivity index is 1.53. The number of hydrogen-bond acceptors (Lipinski definition) is 6. The number of anilines is 1. The smallest absolute Gasteiger partial charge is 0.342 e. The normalized spacial score (nSPS) is 18.8. The SMILES string of the molecule is O=C(COC(=O)c1cccnc1N1CCOCC1)NC1CCCCCC1. The van der Waals surface area contributed by atoms with Crippen molar-refractivity contribution in [2.24, 2.45) is 0 Å². The number of amides is 1. The zero-order valence-corrected chi connectivity index (χ0v) is 15.1. The van der Waals surface area contributed by atoms with Crippen molar-refractivity contribution in [3.8, 4) is 0 Å². The van der Waals surface area contributed by atoms with E-state index >= 15 is 0 Å². The van der Waals surface area contributed by atoms with Crippen LogP contribution < -0.4 is 10.2 Å². The fourth-order valence-electron chi connectivity index (χ4n) is 3.49. The van der Waals surface area contributed by atoms with Crippen LogP contribution >= 0.6 is 0 Å². The van der Waals surface area contributed by atoms with Crippen molar-refractivity contribution in [2.45, 2.75) is 44.6 Å². The zero-order valence-electron chi connectivity index (χ0n) is 15.1. The highest BCUT2D eigenvalue weighted by atomic mass is 16.5. The van der Waals surface area contributed by atoms with Gasteiger partial charge in [0.05, 0.1) is 13.2 Å². The summed E-state index contributed by atoms with van der Waals surface area (Å²) < 4.78 is 10.6. The Labute approximate surface area is 154 Å². The Bertz CT molecular complexity index is 609. The minimum atomic E-state index is -0.518. The summed E-state index contributed by atoms with van der Waals surface area (Å²) in [5.41, 5.74) is 0.386. The fraction of sp³-hybridized carbons (Fsp3) is 0.632. The van der Waals surface area contributed by atoms with Crippen molar-refractivity contribution in [3.05, 3.63) is 23.9 Å². The third kappa shape index (κ3) is 5.17. The Morgan fingerprint density at radius 3 is 2.65 bits per heavy atom. The number of rotatable bonds is 5. The van der Waals surface area contributed by atoms with Gasteiger partial charge in [-0.2, -0.15) is 0 Å². The Kier molecular flexibility index (Phi) is 6.82. The van der Waals surface area contributed by atoms with Gasteiger partial charge < -0.3 is 19.7 Å². The molecule has 0 radical (unpaired) electrons. The second-order valence-electron chi connectivity index (χ2n) is 6.81. The van der Waals surface area contributed by atoms with Gasteiger partial charge in [0.25, 0.3) is 5.91 Å². The van der Waals surface area contributed by atoms with E-state index in [0.717, 1.165) is 25.7 Å². The molecule has 0 atom stereocenters. The summed E-state index contributed by atoms with van der Waals surface area (Å²) in [5.74, 6) is -0.164. The lowest BCUT2D eigenvalue weighted by Gasteiger charge is -2.28. The maximum absolute atomic E-state index is 12.5. The molecule has 1 aliphatic heterocycles. The second-order valence-corrected chi connectivity index (χ2v) is 6.81. The number of hydrogen-bond donors (Lipinski definition) is 1. The van der Waals surface area contributed by atoms with Crippen molar-refractivity contribution in [3.63, 3.8) is 0 Å². The van der Waals surface area contributed by atoms with Crippen LogP contribution in [-0.2, 0) is 14.3 Å². The standard InChI is InChI=1S/C19H27N3O4/c23-17(21-15-6-3-1-2-4-7-15)14-26-19(24)16-8-5-9-20-18(16)22-10-12-25-13-11-22/h5,8-9,15H,1-4,6-7,10-14H2,(H,21,23). The predicted molar refractivity (Wildman–Crippen MR) is 97.2 cm³/mol. The maximum Gasteiger partial charge on any atom is 0.342 e. The first-order valence-electron chi connectivity index (χ1n) is 9.48. The molecule has 1 aromatic rings. The number of carbonyl (C=O) groups is 2. The van der Waals surface area contributed by atoms with E-state index in [1.54, 1.807) is 18.3 Å². The monoisotopic (exact) mass is 361 g/mol. The molecular weight excluding hydrogens is 334 g/mol.